The topological polar surface area (TPSA) is 89.9 Å². The van der Waals surface area contributed by atoms with Gasteiger partial charge in [0.05, 0.1) is 18.4 Å². The van der Waals surface area contributed by atoms with Gasteiger partial charge in [0.15, 0.2) is 5.82 Å². The summed E-state index contributed by atoms with van der Waals surface area (Å²) in [5, 5.41) is 7.66. The molecule has 0 saturated carbocycles. The highest BCUT2D eigenvalue weighted by atomic mass is 16.5. The number of hydrogen-bond acceptors (Lipinski definition) is 7. The van der Waals surface area contributed by atoms with Crippen LogP contribution in [-0.2, 0) is 9.47 Å². The molecule has 0 amide bonds. The molecule has 134 valence electrons. The van der Waals surface area contributed by atoms with Crippen molar-refractivity contribution in [1.82, 2.24) is 24.8 Å². The number of nitrogens with two attached hydrogens (primary N) is 1. The zero-order valence-corrected chi connectivity index (χ0v) is 14.2. The zero-order chi connectivity index (χ0) is 16.9. The standard InChI is InChI=1S/C17H24N6O2/c18-16-14-3-2-13(23(14)21-11-20-16)15-4-1-12(25-15)7-22-5-6-24-17(10-22)8-19-9-17/h2-3,11-12,15,19H,1,4-10H2,(H2,18,20,21)/t12-,15?/m0/s1. The van der Waals surface area contributed by atoms with Crippen molar-refractivity contribution in [2.24, 2.45) is 0 Å². The summed E-state index contributed by atoms with van der Waals surface area (Å²) in [6, 6.07) is 4.02. The summed E-state index contributed by atoms with van der Waals surface area (Å²) >= 11 is 0. The van der Waals surface area contributed by atoms with E-state index in [-0.39, 0.29) is 17.8 Å². The number of aromatic nitrogens is 3. The summed E-state index contributed by atoms with van der Waals surface area (Å²) < 4.78 is 14.2. The molecule has 1 spiro atoms. The van der Waals surface area contributed by atoms with Gasteiger partial charge in [-0.2, -0.15) is 5.10 Å². The van der Waals surface area contributed by atoms with Crippen molar-refractivity contribution in [3.05, 3.63) is 24.2 Å². The van der Waals surface area contributed by atoms with E-state index in [1.165, 1.54) is 6.33 Å². The minimum Gasteiger partial charge on any atom is -0.382 e. The van der Waals surface area contributed by atoms with Gasteiger partial charge in [-0.3, -0.25) is 4.90 Å². The van der Waals surface area contributed by atoms with Crippen LogP contribution in [0.3, 0.4) is 0 Å². The fourth-order valence-corrected chi connectivity index (χ4v) is 4.26. The molecular formula is C17H24N6O2. The van der Waals surface area contributed by atoms with Crippen LogP contribution in [0.15, 0.2) is 18.5 Å². The lowest BCUT2D eigenvalue weighted by Crippen LogP contribution is -2.69. The summed E-state index contributed by atoms with van der Waals surface area (Å²) in [4.78, 5) is 6.54. The molecule has 1 unspecified atom stereocenters. The van der Waals surface area contributed by atoms with Crippen LogP contribution >= 0.6 is 0 Å². The zero-order valence-electron chi connectivity index (χ0n) is 14.2. The monoisotopic (exact) mass is 344 g/mol. The van der Waals surface area contributed by atoms with E-state index < -0.39 is 0 Å². The van der Waals surface area contributed by atoms with Crippen LogP contribution in [0.2, 0.25) is 0 Å². The van der Waals surface area contributed by atoms with E-state index in [1.807, 2.05) is 10.6 Å². The van der Waals surface area contributed by atoms with Crippen molar-refractivity contribution in [2.45, 2.75) is 30.7 Å². The van der Waals surface area contributed by atoms with Crippen molar-refractivity contribution in [3.8, 4) is 0 Å². The molecule has 0 aliphatic carbocycles. The minimum absolute atomic E-state index is 0.0441. The first-order valence-electron chi connectivity index (χ1n) is 9.03. The molecule has 3 fully saturated rings. The highest BCUT2D eigenvalue weighted by molar-refractivity contribution is 5.65. The molecule has 2 aromatic heterocycles. The Morgan fingerprint density at radius 3 is 3.08 bits per heavy atom. The molecule has 5 rings (SSSR count). The van der Waals surface area contributed by atoms with E-state index in [0.717, 1.165) is 63.4 Å². The van der Waals surface area contributed by atoms with Gasteiger partial charge in [0.2, 0.25) is 0 Å². The number of fused-ring (bicyclic) bond motifs is 1. The van der Waals surface area contributed by atoms with Crippen LogP contribution in [0.4, 0.5) is 5.82 Å². The molecule has 2 aromatic rings. The number of nitrogens with one attached hydrogen (secondary N) is 1. The summed E-state index contributed by atoms with van der Waals surface area (Å²) in [5.41, 5.74) is 7.88. The van der Waals surface area contributed by atoms with E-state index in [0.29, 0.717) is 5.82 Å². The van der Waals surface area contributed by atoms with Crippen LogP contribution in [0, 0.1) is 0 Å². The van der Waals surface area contributed by atoms with Gasteiger partial charge >= 0.3 is 0 Å². The number of rotatable bonds is 3. The van der Waals surface area contributed by atoms with Gasteiger partial charge in [0, 0.05) is 32.7 Å². The average Bonchev–Trinajstić information content (AvgIpc) is 3.21. The Hall–Kier alpha value is -1.74. The number of nitrogens with zero attached hydrogens (tertiary/aromatic N) is 4. The van der Waals surface area contributed by atoms with Crippen LogP contribution in [0.1, 0.15) is 24.6 Å². The fraction of sp³-hybridized carbons (Fsp3) is 0.647. The maximum atomic E-state index is 6.36. The summed E-state index contributed by atoms with van der Waals surface area (Å²) in [6.07, 6.45) is 3.91. The van der Waals surface area contributed by atoms with Gasteiger partial charge in [0.1, 0.15) is 23.5 Å². The fourth-order valence-electron chi connectivity index (χ4n) is 4.26. The normalized spacial score (nSPS) is 29.3. The molecule has 8 nitrogen and oxygen atoms in total. The van der Waals surface area contributed by atoms with E-state index in [9.17, 15) is 0 Å². The molecule has 3 saturated heterocycles. The first-order chi connectivity index (χ1) is 12.2. The molecule has 2 atom stereocenters. The molecule has 0 aromatic carbocycles. The third kappa shape index (κ3) is 2.69. The quantitative estimate of drug-likeness (QED) is 0.822. The van der Waals surface area contributed by atoms with Crippen molar-refractivity contribution in [1.29, 1.82) is 0 Å². The molecule has 3 aliphatic rings. The number of hydrogen-bond donors (Lipinski definition) is 2. The van der Waals surface area contributed by atoms with Gasteiger partial charge < -0.3 is 20.5 Å². The lowest BCUT2D eigenvalue weighted by Gasteiger charge is -2.49. The molecule has 8 heteroatoms. The maximum Gasteiger partial charge on any atom is 0.151 e. The van der Waals surface area contributed by atoms with Crippen molar-refractivity contribution in [2.75, 3.05) is 45.1 Å². The number of morpholine rings is 1. The third-order valence-electron chi connectivity index (χ3n) is 5.63. The van der Waals surface area contributed by atoms with Gasteiger partial charge in [-0.25, -0.2) is 9.50 Å². The number of nitrogen functional groups attached to an aromatic ring is 1. The minimum atomic E-state index is 0.0441. The SMILES string of the molecule is Nc1ncnn2c(C3CC[C@@H](CN4CCOC5(CNC5)C4)O3)ccc12. The molecular weight excluding hydrogens is 320 g/mol. The molecule has 3 N–H and O–H groups in total. The first-order valence-corrected chi connectivity index (χ1v) is 9.03. The van der Waals surface area contributed by atoms with E-state index >= 15 is 0 Å². The second-order valence-electron chi connectivity index (χ2n) is 7.39. The van der Waals surface area contributed by atoms with Crippen LogP contribution in [0.25, 0.3) is 5.52 Å². The Kier molecular flexibility index (Phi) is 3.67. The van der Waals surface area contributed by atoms with Gasteiger partial charge in [-0.05, 0) is 25.0 Å². The Labute approximate surface area is 146 Å². The summed E-state index contributed by atoms with van der Waals surface area (Å²) in [7, 11) is 0. The number of anilines is 1. The van der Waals surface area contributed by atoms with E-state index in [2.05, 4.69) is 26.4 Å². The van der Waals surface area contributed by atoms with Crippen LogP contribution in [0.5, 0.6) is 0 Å². The number of ether oxygens (including phenoxy) is 2. The Balaban J connectivity index is 1.26. The Bertz CT molecular complexity index is 774. The second-order valence-corrected chi connectivity index (χ2v) is 7.39. The molecule has 25 heavy (non-hydrogen) atoms. The summed E-state index contributed by atoms with van der Waals surface area (Å²) in [6.45, 7) is 5.72. The predicted molar refractivity (Wildman–Crippen MR) is 92.2 cm³/mol. The third-order valence-corrected chi connectivity index (χ3v) is 5.63. The highest BCUT2D eigenvalue weighted by Crippen LogP contribution is 2.34. The molecule has 5 heterocycles. The van der Waals surface area contributed by atoms with E-state index in [4.69, 9.17) is 15.2 Å². The Morgan fingerprint density at radius 2 is 2.24 bits per heavy atom. The summed E-state index contributed by atoms with van der Waals surface area (Å²) in [5.74, 6) is 0.503. The highest BCUT2D eigenvalue weighted by Gasteiger charge is 2.43. The van der Waals surface area contributed by atoms with Crippen molar-refractivity contribution >= 4 is 11.3 Å². The lowest BCUT2D eigenvalue weighted by molar-refractivity contribution is -0.141. The van der Waals surface area contributed by atoms with Crippen LogP contribution in [-0.4, -0.2) is 70.5 Å². The molecule has 3 aliphatic heterocycles. The maximum absolute atomic E-state index is 6.36. The molecule has 0 radical (unpaired) electrons. The Morgan fingerprint density at radius 1 is 1.32 bits per heavy atom. The lowest BCUT2D eigenvalue weighted by atomic mass is 9.94. The van der Waals surface area contributed by atoms with Gasteiger partial charge in [-0.1, -0.05) is 0 Å². The van der Waals surface area contributed by atoms with Crippen molar-refractivity contribution in [3.63, 3.8) is 0 Å². The van der Waals surface area contributed by atoms with Gasteiger partial charge in [0.25, 0.3) is 0 Å². The van der Waals surface area contributed by atoms with Crippen molar-refractivity contribution < 1.29 is 9.47 Å². The van der Waals surface area contributed by atoms with Gasteiger partial charge in [-0.15, -0.1) is 0 Å². The smallest absolute Gasteiger partial charge is 0.151 e. The second kappa shape index (κ2) is 5.91. The van der Waals surface area contributed by atoms with E-state index in [1.54, 1.807) is 0 Å². The first kappa shape index (κ1) is 15.5. The average molecular weight is 344 g/mol. The predicted octanol–water partition coefficient (Wildman–Crippen LogP) is 0.206. The largest absolute Gasteiger partial charge is 0.382 e. The van der Waals surface area contributed by atoms with Crippen LogP contribution < -0.4 is 11.1 Å². The molecule has 0 bridgehead atoms.